The van der Waals surface area contributed by atoms with E-state index in [1.54, 1.807) is 5.38 Å². The predicted molar refractivity (Wildman–Crippen MR) is 44.4 cm³/mol. The van der Waals surface area contributed by atoms with Gasteiger partial charge in [0.05, 0.1) is 10.7 Å². The molecule has 2 N–H and O–H groups in total. The molecule has 0 aromatic carbocycles. The largest absolute Gasteiger partial charge is 0.327 e. The molecule has 0 aliphatic carbocycles. The Labute approximate surface area is 69.3 Å². The third-order valence-corrected chi connectivity index (χ3v) is 2.31. The molecular weight excluding hydrogens is 163 g/mol. The molecule has 0 aliphatic heterocycles. The van der Waals surface area contributed by atoms with Crippen LogP contribution in [0.2, 0.25) is 0 Å². The Hall–Kier alpha value is -0.480. The Morgan fingerprint density at radius 2 is 2.45 bits per heavy atom. The van der Waals surface area contributed by atoms with Crippen LogP contribution in [-0.2, 0) is 5.67 Å². The normalized spacial score (nSPS) is 16.4. The number of hydrogen-bond donors (Lipinski definition) is 1. The lowest BCUT2D eigenvalue weighted by molar-refractivity contribution is 0.197. The number of hydrogen-bond acceptors (Lipinski definition) is 3. The first-order valence-corrected chi connectivity index (χ1v) is 4.26. The fraction of sp³-hybridized carbons (Fsp3) is 0.571. The highest BCUT2D eigenvalue weighted by atomic mass is 32.1. The van der Waals surface area contributed by atoms with Crippen LogP contribution in [0.25, 0.3) is 0 Å². The standard InChI is InChI=1S/C7H11FN2S/c1-5-10-6(3-11-5)7(2,8)4-9/h3H,4,9H2,1-2H3. The van der Waals surface area contributed by atoms with E-state index in [2.05, 4.69) is 4.98 Å². The SMILES string of the molecule is Cc1nc(C(C)(F)CN)cs1. The van der Waals surface area contributed by atoms with Crippen molar-refractivity contribution in [1.29, 1.82) is 0 Å². The van der Waals surface area contributed by atoms with Crippen LogP contribution in [0.1, 0.15) is 17.6 Å². The summed E-state index contributed by atoms with van der Waals surface area (Å²) in [6, 6.07) is 0. The highest BCUT2D eigenvalue weighted by molar-refractivity contribution is 7.09. The minimum absolute atomic E-state index is 0.0177. The number of halogens is 1. The van der Waals surface area contributed by atoms with Crippen LogP contribution in [0.4, 0.5) is 4.39 Å². The number of rotatable bonds is 2. The monoisotopic (exact) mass is 174 g/mol. The van der Waals surface area contributed by atoms with E-state index in [1.807, 2.05) is 6.92 Å². The van der Waals surface area contributed by atoms with Crippen molar-refractivity contribution in [2.24, 2.45) is 5.73 Å². The van der Waals surface area contributed by atoms with Gasteiger partial charge in [-0.05, 0) is 13.8 Å². The van der Waals surface area contributed by atoms with E-state index >= 15 is 0 Å². The second kappa shape index (κ2) is 2.87. The highest BCUT2D eigenvalue weighted by Crippen LogP contribution is 2.24. The van der Waals surface area contributed by atoms with Crippen LogP contribution in [0, 0.1) is 6.92 Å². The van der Waals surface area contributed by atoms with Crippen molar-refractivity contribution in [1.82, 2.24) is 4.98 Å². The van der Waals surface area contributed by atoms with Gasteiger partial charge >= 0.3 is 0 Å². The van der Waals surface area contributed by atoms with Gasteiger partial charge in [0.1, 0.15) is 0 Å². The van der Waals surface area contributed by atoms with Crippen molar-refractivity contribution < 1.29 is 4.39 Å². The molecule has 62 valence electrons. The first-order chi connectivity index (χ1) is 5.06. The molecule has 2 nitrogen and oxygen atoms in total. The minimum atomic E-state index is -1.47. The van der Waals surface area contributed by atoms with Gasteiger partial charge in [-0.3, -0.25) is 0 Å². The van der Waals surface area contributed by atoms with E-state index in [0.29, 0.717) is 5.69 Å². The van der Waals surface area contributed by atoms with E-state index in [-0.39, 0.29) is 6.54 Å². The van der Waals surface area contributed by atoms with Crippen LogP contribution < -0.4 is 5.73 Å². The van der Waals surface area contributed by atoms with Crippen molar-refractivity contribution in [3.63, 3.8) is 0 Å². The molecule has 0 amide bonds. The molecule has 0 radical (unpaired) electrons. The minimum Gasteiger partial charge on any atom is -0.327 e. The fourth-order valence-electron chi connectivity index (χ4n) is 0.707. The smallest absolute Gasteiger partial charge is 0.162 e. The maximum absolute atomic E-state index is 13.4. The Bertz CT molecular complexity index is 244. The molecule has 0 saturated carbocycles. The van der Waals surface area contributed by atoms with Crippen LogP contribution in [0.5, 0.6) is 0 Å². The number of alkyl halides is 1. The van der Waals surface area contributed by atoms with Crippen LogP contribution in [0.15, 0.2) is 5.38 Å². The Morgan fingerprint density at radius 3 is 2.82 bits per heavy atom. The number of aryl methyl sites for hydroxylation is 1. The summed E-state index contributed by atoms with van der Waals surface area (Å²) in [5, 5.41) is 2.58. The second-order valence-corrected chi connectivity index (χ2v) is 3.72. The van der Waals surface area contributed by atoms with Gasteiger partial charge in [0.15, 0.2) is 5.67 Å². The summed E-state index contributed by atoms with van der Waals surface area (Å²) in [6.45, 7) is 3.28. The molecule has 1 rings (SSSR count). The molecule has 11 heavy (non-hydrogen) atoms. The molecule has 1 aromatic heterocycles. The van der Waals surface area contributed by atoms with Crippen LogP contribution in [-0.4, -0.2) is 11.5 Å². The maximum Gasteiger partial charge on any atom is 0.162 e. The van der Waals surface area contributed by atoms with Gasteiger partial charge in [-0.15, -0.1) is 11.3 Å². The zero-order chi connectivity index (χ0) is 8.48. The molecular formula is C7H11FN2S. The molecule has 0 aliphatic rings. The van der Waals surface area contributed by atoms with Gasteiger partial charge in [0.2, 0.25) is 0 Å². The number of thiazole rings is 1. The molecule has 0 fully saturated rings. The molecule has 1 atom stereocenters. The van der Waals surface area contributed by atoms with Crippen molar-refractivity contribution in [3.05, 3.63) is 16.1 Å². The number of aromatic nitrogens is 1. The zero-order valence-corrected chi connectivity index (χ0v) is 7.41. The quantitative estimate of drug-likeness (QED) is 0.739. The van der Waals surface area contributed by atoms with Crippen molar-refractivity contribution in [2.75, 3.05) is 6.54 Å². The van der Waals surface area contributed by atoms with Gasteiger partial charge in [0.25, 0.3) is 0 Å². The van der Waals surface area contributed by atoms with E-state index in [4.69, 9.17) is 5.73 Å². The molecule has 0 spiro atoms. The maximum atomic E-state index is 13.4. The molecule has 0 bridgehead atoms. The second-order valence-electron chi connectivity index (χ2n) is 2.65. The summed E-state index contributed by atoms with van der Waals surface area (Å²) in [7, 11) is 0. The van der Waals surface area contributed by atoms with Gasteiger partial charge in [-0.25, -0.2) is 9.37 Å². The summed E-state index contributed by atoms with van der Waals surface area (Å²) in [5.41, 5.74) is 4.22. The highest BCUT2D eigenvalue weighted by Gasteiger charge is 2.26. The van der Waals surface area contributed by atoms with Gasteiger partial charge in [-0.2, -0.15) is 0 Å². The average molecular weight is 174 g/mol. The molecule has 1 unspecified atom stereocenters. The first-order valence-electron chi connectivity index (χ1n) is 3.38. The van der Waals surface area contributed by atoms with E-state index < -0.39 is 5.67 Å². The predicted octanol–water partition coefficient (Wildman–Crippen LogP) is 1.59. The van der Waals surface area contributed by atoms with Crippen molar-refractivity contribution in [3.8, 4) is 0 Å². The van der Waals surface area contributed by atoms with Gasteiger partial charge in [-0.1, -0.05) is 0 Å². The molecule has 0 saturated heterocycles. The Kier molecular flexibility index (Phi) is 2.25. The van der Waals surface area contributed by atoms with E-state index in [9.17, 15) is 4.39 Å². The van der Waals surface area contributed by atoms with Crippen molar-refractivity contribution >= 4 is 11.3 Å². The third kappa shape index (κ3) is 1.75. The fourth-order valence-corrected chi connectivity index (χ4v) is 1.44. The molecule has 1 aromatic rings. The Morgan fingerprint density at radius 1 is 1.82 bits per heavy atom. The zero-order valence-electron chi connectivity index (χ0n) is 6.60. The van der Waals surface area contributed by atoms with E-state index in [0.717, 1.165) is 5.01 Å². The average Bonchev–Trinajstić information content (AvgIpc) is 2.36. The van der Waals surface area contributed by atoms with Crippen LogP contribution in [0.3, 0.4) is 0 Å². The summed E-state index contributed by atoms with van der Waals surface area (Å²) < 4.78 is 13.4. The van der Waals surface area contributed by atoms with Crippen LogP contribution >= 0.6 is 11.3 Å². The van der Waals surface area contributed by atoms with Gasteiger partial charge in [0, 0.05) is 11.9 Å². The Balaban J connectivity index is 2.92. The van der Waals surface area contributed by atoms with Gasteiger partial charge < -0.3 is 5.73 Å². The van der Waals surface area contributed by atoms with Crippen molar-refractivity contribution in [2.45, 2.75) is 19.5 Å². The number of nitrogens with two attached hydrogens (primary N) is 1. The lowest BCUT2D eigenvalue weighted by Crippen LogP contribution is -2.26. The topological polar surface area (TPSA) is 38.9 Å². The summed E-state index contributed by atoms with van der Waals surface area (Å²) >= 11 is 1.44. The number of nitrogens with zero attached hydrogens (tertiary/aromatic N) is 1. The first kappa shape index (κ1) is 8.62. The summed E-state index contributed by atoms with van der Waals surface area (Å²) in [6.07, 6.45) is 0. The van der Waals surface area contributed by atoms with E-state index in [1.165, 1.54) is 18.3 Å². The lowest BCUT2D eigenvalue weighted by Gasteiger charge is -2.14. The summed E-state index contributed by atoms with van der Waals surface area (Å²) in [5.74, 6) is 0. The molecule has 1 heterocycles. The molecule has 4 heteroatoms. The third-order valence-electron chi connectivity index (χ3n) is 1.54. The summed E-state index contributed by atoms with van der Waals surface area (Å²) in [4.78, 5) is 4.02. The lowest BCUT2D eigenvalue weighted by atomic mass is 10.1.